The molecule has 0 fully saturated rings. The lowest BCUT2D eigenvalue weighted by Crippen LogP contribution is -2.53. The monoisotopic (exact) mass is 369 g/mol. The number of benzene rings is 1. The number of nitrogens with one attached hydrogen (secondary N) is 2. The highest BCUT2D eigenvalue weighted by molar-refractivity contribution is 5.91. The van der Waals surface area contributed by atoms with E-state index < -0.39 is 0 Å². The molecular weight excluding hydrogens is 342 g/mol. The maximum absolute atomic E-state index is 12.1. The molecule has 0 unspecified atom stereocenters. The zero-order valence-electron chi connectivity index (χ0n) is 16.0. The number of hydrogen-bond acceptors (Lipinski definition) is 4. The summed E-state index contributed by atoms with van der Waals surface area (Å²) in [6.45, 7) is 7.04. The standard InChI is InChI=1S/C21H27N3O3/c1-21(2,24-12-10-16-6-3-4-7-17(16)14-24)15-23-19(25)9-11-22-20(26)18-8-5-13-27-18/h3-8,13H,9-12,14-15H2,1-2H3,(H,22,26)(H,23,25). The van der Waals surface area contributed by atoms with Crippen LogP contribution >= 0.6 is 0 Å². The molecule has 1 aliphatic heterocycles. The van der Waals surface area contributed by atoms with Gasteiger partial charge in [-0.3, -0.25) is 14.5 Å². The van der Waals surface area contributed by atoms with E-state index in [0.717, 1.165) is 19.5 Å². The minimum Gasteiger partial charge on any atom is -0.459 e. The van der Waals surface area contributed by atoms with Crippen LogP contribution in [0.15, 0.2) is 47.1 Å². The van der Waals surface area contributed by atoms with Gasteiger partial charge < -0.3 is 15.1 Å². The van der Waals surface area contributed by atoms with Gasteiger partial charge in [0.05, 0.1) is 6.26 Å². The molecule has 0 radical (unpaired) electrons. The van der Waals surface area contributed by atoms with Crippen LogP contribution in [0, 0.1) is 0 Å². The Bertz CT molecular complexity index is 784. The van der Waals surface area contributed by atoms with Gasteiger partial charge in [-0.05, 0) is 43.5 Å². The van der Waals surface area contributed by atoms with Gasteiger partial charge in [-0.2, -0.15) is 0 Å². The number of fused-ring (bicyclic) bond motifs is 1. The van der Waals surface area contributed by atoms with Crippen molar-refractivity contribution >= 4 is 11.8 Å². The number of rotatable bonds is 7. The van der Waals surface area contributed by atoms with Crippen LogP contribution in [0.4, 0.5) is 0 Å². The van der Waals surface area contributed by atoms with E-state index in [1.54, 1.807) is 12.1 Å². The molecule has 0 saturated carbocycles. The first-order chi connectivity index (χ1) is 13.0. The summed E-state index contributed by atoms with van der Waals surface area (Å²) < 4.78 is 5.02. The second-order valence-corrected chi connectivity index (χ2v) is 7.51. The number of nitrogens with zero attached hydrogens (tertiary/aromatic N) is 1. The maximum Gasteiger partial charge on any atom is 0.286 e. The smallest absolute Gasteiger partial charge is 0.286 e. The van der Waals surface area contributed by atoms with Crippen molar-refractivity contribution in [2.24, 2.45) is 0 Å². The summed E-state index contributed by atoms with van der Waals surface area (Å²) in [5.41, 5.74) is 2.64. The van der Waals surface area contributed by atoms with E-state index in [0.29, 0.717) is 6.54 Å². The van der Waals surface area contributed by atoms with Crippen molar-refractivity contribution < 1.29 is 14.0 Å². The van der Waals surface area contributed by atoms with Gasteiger partial charge in [0.2, 0.25) is 5.91 Å². The molecule has 1 aliphatic rings. The van der Waals surface area contributed by atoms with Gasteiger partial charge in [0.1, 0.15) is 0 Å². The first kappa shape index (κ1) is 19.2. The Hall–Kier alpha value is -2.60. The molecule has 0 saturated heterocycles. The summed E-state index contributed by atoms with van der Waals surface area (Å²) in [6, 6.07) is 11.8. The van der Waals surface area contributed by atoms with E-state index in [1.807, 2.05) is 0 Å². The minimum absolute atomic E-state index is 0.0692. The van der Waals surface area contributed by atoms with E-state index in [2.05, 4.69) is 53.6 Å². The van der Waals surface area contributed by atoms with Gasteiger partial charge in [-0.25, -0.2) is 0 Å². The minimum atomic E-state index is -0.305. The van der Waals surface area contributed by atoms with Crippen LogP contribution in [0.25, 0.3) is 0 Å². The summed E-state index contributed by atoms with van der Waals surface area (Å²) in [6.07, 6.45) is 2.72. The van der Waals surface area contributed by atoms with Crippen molar-refractivity contribution in [3.05, 3.63) is 59.5 Å². The molecule has 2 N–H and O–H groups in total. The first-order valence-corrected chi connectivity index (χ1v) is 9.36. The molecule has 3 rings (SSSR count). The molecule has 0 bridgehead atoms. The number of furan rings is 1. The van der Waals surface area contributed by atoms with Crippen LogP contribution in [0.2, 0.25) is 0 Å². The van der Waals surface area contributed by atoms with Crippen LogP contribution in [-0.4, -0.2) is 41.9 Å². The number of amides is 2. The predicted molar refractivity (Wildman–Crippen MR) is 103 cm³/mol. The average molecular weight is 369 g/mol. The molecular formula is C21H27N3O3. The first-order valence-electron chi connectivity index (χ1n) is 9.36. The fourth-order valence-corrected chi connectivity index (χ4v) is 3.31. The lowest BCUT2D eigenvalue weighted by atomic mass is 9.94. The summed E-state index contributed by atoms with van der Waals surface area (Å²) in [5, 5.41) is 5.68. The Balaban J connectivity index is 1.42. The second kappa shape index (κ2) is 8.39. The number of carbonyl (C=O) groups excluding carboxylic acids is 2. The zero-order valence-corrected chi connectivity index (χ0v) is 16.0. The van der Waals surface area contributed by atoms with Crippen LogP contribution < -0.4 is 10.6 Å². The van der Waals surface area contributed by atoms with Crippen LogP contribution in [0.3, 0.4) is 0 Å². The molecule has 2 aromatic rings. The molecule has 0 spiro atoms. The van der Waals surface area contributed by atoms with Crippen molar-refractivity contribution in [2.45, 2.75) is 38.8 Å². The van der Waals surface area contributed by atoms with Gasteiger partial charge in [-0.15, -0.1) is 0 Å². The molecule has 1 aromatic carbocycles. The third-order valence-electron chi connectivity index (χ3n) is 5.09. The molecule has 0 aliphatic carbocycles. The van der Waals surface area contributed by atoms with Crippen molar-refractivity contribution in [2.75, 3.05) is 19.6 Å². The molecule has 0 atom stereocenters. The van der Waals surface area contributed by atoms with Gasteiger partial charge in [0, 0.05) is 38.1 Å². The predicted octanol–water partition coefficient (Wildman–Crippen LogP) is 2.35. The fraction of sp³-hybridized carbons (Fsp3) is 0.429. The van der Waals surface area contributed by atoms with Crippen molar-refractivity contribution in [3.63, 3.8) is 0 Å². The van der Waals surface area contributed by atoms with E-state index in [-0.39, 0.29) is 36.1 Å². The highest BCUT2D eigenvalue weighted by Crippen LogP contribution is 2.24. The summed E-state index contributed by atoms with van der Waals surface area (Å²) >= 11 is 0. The lowest BCUT2D eigenvalue weighted by Gasteiger charge is -2.41. The largest absolute Gasteiger partial charge is 0.459 e. The van der Waals surface area contributed by atoms with Crippen molar-refractivity contribution in [3.8, 4) is 0 Å². The van der Waals surface area contributed by atoms with Crippen LogP contribution in [-0.2, 0) is 17.8 Å². The number of carbonyl (C=O) groups is 2. The Morgan fingerprint density at radius 3 is 2.63 bits per heavy atom. The zero-order chi connectivity index (χ0) is 19.3. The molecule has 6 nitrogen and oxygen atoms in total. The summed E-state index contributed by atoms with van der Waals surface area (Å²) in [7, 11) is 0. The van der Waals surface area contributed by atoms with Crippen LogP contribution in [0.5, 0.6) is 0 Å². The average Bonchev–Trinajstić information content (AvgIpc) is 3.21. The van der Waals surface area contributed by atoms with E-state index in [9.17, 15) is 9.59 Å². The molecule has 6 heteroatoms. The highest BCUT2D eigenvalue weighted by Gasteiger charge is 2.30. The van der Waals surface area contributed by atoms with E-state index in [4.69, 9.17) is 4.42 Å². The van der Waals surface area contributed by atoms with Crippen molar-refractivity contribution in [1.29, 1.82) is 0 Å². The normalized spacial score (nSPS) is 14.4. The third-order valence-corrected chi connectivity index (χ3v) is 5.09. The van der Waals surface area contributed by atoms with Gasteiger partial charge in [0.25, 0.3) is 5.91 Å². The molecule has 2 amide bonds. The number of hydrogen-bond donors (Lipinski definition) is 2. The molecule has 1 aromatic heterocycles. The quantitative estimate of drug-likeness (QED) is 0.786. The topological polar surface area (TPSA) is 74.6 Å². The molecule has 144 valence electrons. The third kappa shape index (κ3) is 4.98. The SMILES string of the molecule is CC(C)(CNC(=O)CCNC(=O)c1ccco1)N1CCc2ccccc2C1. The lowest BCUT2D eigenvalue weighted by molar-refractivity contribution is -0.121. The highest BCUT2D eigenvalue weighted by atomic mass is 16.3. The van der Waals surface area contributed by atoms with E-state index >= 15 is 0 Å². The Kier molecular flexibility index (Phi) is 5.96. The fourth-order valence-electron chi connectivity index (χ4n) is 3.31. The Labute approximate surface area is 159 Å². The van der Waals surface area contributed by atoms with Gasteiger partial charge >= 0.3 is 0 Å². The Morgan fingerprint density at radius 1 is 1.11 bits per heavy atom. The molecule has 2 heterocycles. The van der Waals surface area contributed by atoms with Crippen LogP contribution in [0.1, 0.15) is 41.9 Å². The summed E-state index contributed by atoms with van der Waals surface area (Å²) in [5.74, 6) is -0.123. The molecule has 27 heavy (non-hydrogen) atoms. The van der Waals surface area contributed by atoms with Crippen molar-refractivity contribution in [1.82, 2.24) is 15.5 Å². The summed E-state index contributed by atoms with van der Waals surface area (Å²) in [4.78, 5) is 26.3. The van der Waals surface area contributed by atoms with Gasteiger partial charge in [0.15, 0.2) is 5.76 Å². The second-order valence-electron chi connectivity index (χ2n) is 7.51. The maximum atomic E-state index is 12.1. The van der Waals surface area contributed by atoms with E-state index in [1.165, 1.54) is 17.4 Å². The Morgan fingerprint density at radius 2 is 1.89 bits per heavy atom. The van der Waals surface area contributed by atoms with Gasteiger partial charge in [-0.1, -0.05) is 24.3 Å².